The molecule has 0 unspecified atom stereocenters. The summed E-state index contributed by atoms with van der Waals surface area (Å²) in [7, 11) is 0. The lowest BCUT2D eigenvalue weighted by molar-refractivity contribution is 0.668. The normalized spacial score (nSPS) is 10.5. The fraction of sp³-hybridized carbons (Fsp3) is 0.250. The van der Waals surface area contributed by atoms with E-state index in [-0.39, 0.29) is 5.69 Å². The lowest BCUT2D eigenvalue weighted by Gasteiger charge is -2.01. The predicted octanol–water partition coefficient (Wildman–Crippen LogP) is 1.72. The number of imidazole rings is 1. The highest BCUT2D eigenvalue weighted by Crippen LogP contribution is 2.00. The van der Waals surface area contributed by atoms with Crippen LogP contribution in [0.15, 0.2) is 47.5 Å². The maximum Gasteiger partial charge on any atom is 0.328 e. The Morgan fingerprint density at radius 3 is 2.33 bits per heavy atom. The first-order valence-corrected chi connectivity index (χ1v) is 5.10. The topological polar surface area (TPSA) is 26.9 Å². The third kappa shape index (κ3) is 2.01. The van der Waals surface area contributed by atoms with Gasteiger partial charge < -0.3 is 0 Å². The second kappa shape index (κ2) is 4.17. The summed E-state index contributed by atoms with van der Waals surface area (Å²) in [5.41, 5.74) is 1.20. The Morgan fingerprint density at radius 1 is 1.07 bits per heavy atom. The van der Waals surface area contributed by atoms with E-state index in [1.807, 2.05) is 49.6 Å². The number of rotatable bonds is 3. The van der Waals surface area contributed by atoms with Crippen molar-refractivity contribution in [2.45, 2.75) is 20.0 Å². The maximum absolute atomic E-state index is 11.7. The standard InChI is InChI=1S/C12H14N2O/c1-2-13-8-9-14(12(13)15)10-11-6-4-3-5-7-11/h3-9H,2,10H2,1H3. The second-order valence-electron chi connectivity index (χ2n) is 3.48. The molecule has 0 aliphatic heterocycles. The first kappa shape index (κ1) is 9.77. The van der Waals surface area contributed by atoms with E-state index in [2.05, 4.69) is 0 Å². The van der Waals surface area contributed by atoms with E-state index in [0.717, 1.165) is 12.1 Å². The minimum Gasteiger partial charge on any atom is -0.300 e. The smallest absolute Gasteiger partial charge is 0.300 e. The summed E-state index contributed by atoms with van der Waals surface area (Å²) in [5, 5.41) is 0. The molecule has 1 aromatic carbocycles. The molecule has 1 heterocycles. The SMILES string of the molecule is CCn1ccn(Cc2ccccc2)c1=O. The third-order valence-electron chi connectivity index (χ3n) is 2.45. The average Bonchev–Trinajstić information content (AvgIpc) is 2.62. The highest BCUT2D eigenvalue weighted by molar-refractivity contribution is 5.15. The summed E-state index contributed by atoms with van der Waals surface area (Å²) in [6, 6.07) is 9.99. The van der Waals surface area contributed by atoms with Gasteiger partial charge in [-0.3, -0.25) is 9.13 Å². The molecule has 0 aliphatic rings. The van der Waals surface area contributed by atoms with Gasteiger partial charge in [-0.25, -0.2) is 4.79 Å². The number of nitrogens with zero attached hydrogens (tertiary/aromatic N) is 2. The molecule has 0 bridgehead atoms. The molecule has 15 heavy (non-hydrogen) atoms. The Hall–Kier alpha value is -1.77. The molecule has 2 rings (SSSR count). The minimum atomic E-state index is 0.0568. The van der Waals surface area contributed by atoms with E-state index in [1.165, 1.54) is 0 Å². The van der Waals surface area contributed by atoms with Crippen molar-refractivity contribution in [3.8, 4) is 0 Å². The zero-order valence-electron chi connectivity index (χ0n) is 8.76. The predicted molar refractivity (Wildman–Crippen MR) is 59.9 cm³/mol. The Bertz CT molecular complexity index is 482. The summed E-state index contributed by atoms with van der Waals surface area (Å²) in [5.74, 6) is 0. The second-order valence-corrected chi connectivity index (χ2v) is 3.48. The van der Waals surface area contributed by atoms with Gasteiger partial charge in [0.2, 0.25) is 0 Å². The van der Waals surface area contributed by atoms with Crippen molar-refractivity contribution in [1.29, 1.82) is 0 Å². The minimum absolute atomic E-state index is 0.0568. The van der Waals surface area contributed by atoms with Crippen molar-refractivity contribution in [2.75, 3.05) is 0 Å². The number of hydrogen-bond acceptors (Lipinski definition) is 1. The fourth-order valence-electron chi connectivity index (χ4n) is 1.59. The molecule has 0 saturated heterocycles. The van der Waals surface area contributed by atoms with Crippen LogP contribution in [0.25, 0.3) is 0 Å². The molecule has 0 saturated carbocycles. The van der Waals surface area contributed by atoms with E-state index >= 15 is 0 Å². The van der Waals surface area contributed by atoms with E-state index in [0.29, 0.717) is 6.54 Å². The van der Waals surface area contributed by atoms with Gasteiger partial charge in [-0.2, -0.15) is 0 Å². The Labute approximate surface area is 88.6 Å². The van der Waals surface area contributed by atoms with Crippen molar-refractivity contribution in [3.63, 3.8) is 0 Å². The highest BCUT2D eigenvalue weighted by atomic mass is 16.1. The molecule has 78 valence electrons. The molecule has 0 atom stereocenters. The Kier molecular flexibility index (Phi) is 2.72. The van der Waals surface area contributed by atoms with Gasteiger partial charge in [0.25, 0.3) is 0 Å². The maximum atomic E-state index is 11.7. The van der Waals surface area contributed by atoms with Crippen molar-refractivity contribution in [1.82, 2.24) is 9.13 Å². The Balaban J connectivity index is 2.26. The summed E-state index contributed by atoms with van der Waals surface area (Å²) in [6.45, 7) is 3.33. The third-order valence-corrected chi connectivity index (χ3v) is 2.45. The van der Waals surface area contributed by atoms with Crippen LogP contribution >= 0.6 is 0 Å². The van der Waals surface area contributed by atoms with Crippen molar-refractivity contribution in [2.24, 2.45) is 0 Å². The van der Waals surface area contributed by atoms with Crippen molar-refractivity contribution in [3.05, 3.63) is 58.8 Å². The molecule has 0 amide bonds. The molecular formula is C12H14N2O. The number of hydrogen-bond donors (Lipinski definition) is 0. The molecule has 1 aromatic heterocycles. The van der Waals surface area contributed by atoms with Crippen LogP contribution in [0.2, 0.25) is 0 Å². The van der Waals surface area contributed by atoms with Crippen LogP contribution in [0.3, 0.4) is 0 Å². The quantitative estimate of drug-likeness (QED) is 0.744. The van der Waals surface area contributed by atoms with E-state index in [4.69, 9.17) is 0 Å². The first-order valence-electron chi connectivity index (χ1n) is 5.10. The largest absolute Gasteiger partial charge is 0.328 e. The molecule has 0 aliphatic carbocycles. The van der Waals surface area contributed by atoms with Crippen LogP contribution in [0.1, 0.15) is 12.5 Å². The first-order chi connectivity index (χ1) is 7.31. The molecule has 0 radical (unpaired) electrons. The zero-order valence-corrected chi connectivity index (χ0v) is 8.76. The van der Waals surface area contributed by atoms with Crippen LogP contribution in [-0.4, -0.2) is 9.13 Å². The van der Waals surface area contributed by atoms with Gasteiger partial charge in [0.15, 0.2) is 0 Å². The van der Waals surface area contributed by atoms with Crippen LogP contribution in [0.5, 0.6) is 0 Å². The number of benzene rings is 1. The monoisotopic (exact) mass is 202 g/mol. The van der Waals surface area contributed by atoms with Gasteiger partial charge >= 0.3 is 5.69 Å². The number of aryl methyl sites for hydroxylation is 1. The molecule has 0 fully saturated rings. The van der Waals surface area contributed by atoms with Gasteiger partial charge in [-0.05, 0) is 12.5 Å². The molecular weight excluding hydrogens is 188 g/mol. The van der Waals surface area contributed by atoms with Gasteiger partial charge in [0, 0.05) is 18.9 Å². The summed E-state index contributed by atoms with van der Waals surface area (Å²) in [6.07, 6.45) is 3.66. The van der Waals surface area contributed by atoms with Gasteiger partial charge in [0.1, 0.15) is 0 Å². The van der Waals surface area contributed by atoms with Gasteiger partial charge in [-0.15, -0.1) is 0 Å². The summed E-state index contributed by atoms with van der Waals surface area (Å²) >= 11 is 0. The van der Waals surface area contributed by atoms with E-state index < -0.39 is 0 Å². The summed E-state index contributed by atoms with van der Waals surface area (Å²) < 4.78 is 3.42. The lowest BCUT2D eigenvalue weighted by atomic mass is 10.2. The molecule has 0 spiro atoms. The van der Waals surface area contributed by atoms with Gasteiger partial charge in [-0.1, -0.05) is 30.3 Å². The van der Waals surface area contributed by atoms with Crippen molar-refractivity contribution >= 4 is 0 Å². The zero-order chi connectivity index (χ0) is 10.7. The molecule has 3 heteroatoms. The summed E-state index contributed by atoms with van der Waals surface area (Å²) in [4.78, 5) is 11.7. The molecule has 2 aromatic rings. The highest BCUT2D eigenvalue weighted by Gasteiger charge is 2.01. The van der Waals surface area contributed by atoms with Crippen LogP contribution in [0, 0.1) is 0 Å². The van der Waals surface area contributed by atoms with Crippen molar-refractivity contribution < 1.29 is 0 Å². The van der Waals surface area contributed by atoms with E-state index in [1.54, 1.807) is 9.13 Å². The average molecular weight is 202 g/mol. The van der Waals surface area contributed by atoms with Crippen LogP contribution < -0.4 is 5.69 Å². The fourth-order valence-corrected chi connectivity index (χ4v) is 1.59. The van der Waals surface area contributed by atoms with Crippen LogP contribution in [0.4, 0.5) is 0 Å². The molecule has 3 nitrogen and oxygen atoms in total. The van der Waals surface area contributed by atoms with E-state index in [9.17, 15) is 4.79 Å². The van der Waals surface area contributed by atoms with Gasteiger partial charge in [0.05, 0.1) is 6.54 Å². The Morgan fingerprint density at radius 2 is 1.73 bits per heavy atom. The number of aromatic nitrogens is 2. The van der Waals surface area contributed by atoms with Crippen LogP contribution in [-0.2, 0) is 13.1 Å². The lowest BCUT2D eigenvalue weighted by Crippen LogP contribution is -2.23. The molecule has 0 N–H and O–H groups in total.